The maximum atomic E-state index is 12.0. The van der Waals surface area contributed by atoms with Gasteiger partial charge < -0.3 is 19.9 Å². The molecule has 0 aliphatic carbocycles. The van der Waals surface area contributed by atoms with E-state index in [1.54, 1.807) is 31.2 Å². The second-order valence-electron chi connectivity index (χ2n) is 5.78. The van der Waals surface area contributed by atoms with Gasteiger partial charge in [0.2, 0.25) is 5.91 Å². The first-order valence-corrected chi connectivity index (χ1v) is 8.38. The van der Waals surface area contributed by atoms with Crippen LogP contribution in [0.4, 0.5) is 0 Å². The molecule has 1 aromatic carbocycles. The van der Waals surface area contributed by atoms with E-state index in [4.69, 9.17) is 21.1 Å². The highest BCUT2D eigenvalue weighted by Gasteiger charge is 2.19. The predicted molar refractivity (Wildman–Crippen MR) is 88.4 cm³/mol. The molecule has 1 fully saturated rings. The molecule has 23 heavy (non-hydrogen) atoms. The summed E-state index contributed by atoms with van der Waals surface area (Å²) < 4.78 is 11.1. The number of carbonyl (C=O) groups is 1. The summed E-state index contributed by atoms with van der Waals surface area (Å²) in [6, 6.07) is 6.88. The average molecular weight is 342 g/mol. The standard InChI is InChI=1S/C17H24ClNO4/c1-12(23-11-15-4-2-3-9-22-15)17(21)19-10-16(20)13-5-7-14(18)8-6-13/h5-8,12,15-16,20H,2-4,9-11H2,1H3,(H,19,21)/t12-,15+,16+/m0/s1. The van der Waals surface area contributed by atoms with Gasteiger partial charge in [0, 0.05) is 18.2 Å². The van der Waals surface area contributed by atoms with Gasteiger partial charge in [-0.05, 0) is 43.9 Å². The summed E-state index contributed by atoms with van der Waals surface area (Å²) in [4.78, 5) is 12.0. The van der Waals surface area contributed by atoms with Crippen LogP contribution in [0.5, 0.6) is 0 Å². The van der Waals surface area contributed by atoms with Crippen LogP contribution in [-0.2, 0) is 14.3 Å². The molecule has 1 aromatic rings. The molecule has 0 spiro atoms. The highest BCUT2D eigenvalue weighted by atomic mass is 35.5. The van der Waals surface area contributed by atoms with Crippen molar-refractivity contribution >= 4 is 17.5 Å². The Morgan fingerprint density at radius 3 is 2.83 bits per heavy atom. The Labute approximate surface area is 141 Å². The van der Waals surface area contributed by atoms with E-state index in [9.17, 15) is 9.90 Å². The number of nitrogens with one attached hydrogen (secondary N) is 1. The van der Waals surface area contributed by atoms with Crippen LogP contribution in [0, 0.1) is 0 Å². The van der Waals surface area contributed by atoms with Crippen LogP contribution in [0.15, 0.2) is 24.3 Å². The normalized spacial score (nSPS) is 20.7. The van der Waals surface area contributed by atoms with Crippen molar-refractivity contribution in [2.24, 2.45) is 0 Å². The average Bonchev–Trinajstić information content (AvgIpc) is 2.58. The quantitative estimate of drug-likeness (QED) is 0.799. The van der Waals surface area contributed by atoms with Crippen LogP contribution in [0.1, 0.15) is 37.9 Å². The van der Waals surface area contributed by atoms with Crippen molar-refractivity contribution in [3.63, 3.8) is 0 Å². The van der Waals surface area contributed by atoms with Crippen molar-refractivity contribution in [1.29, 1.82) is 0 Å². The Morgan fingerprint density at radius 1 is 1.43 bits per heavy atom. The van der Waals surface area contributed by atoms with Gasteiger partial charge in [-0.2, -0.15) is 0 Å². The second-order valence-corrected chi connectivity index (χ2v) is 6.21. The minimum absolute atomic E-state index is 0.0821. The number of benzene rings is 1. The van der Waals surface area contributed by atoms with Crippen LogP contribution in [0.25, 0.3) is 0 Å². The van der Waals surface area contributed by atoms with Crippen molar-refractivity contribution in [1.82, 2.24) is 5.32 Å². The molecule has 1 amide bonds. The van der Waals surface area contributed by atoms with E-state index >= 15 is 0 Å². The number of carbonyl (C=O) groups excluding carboxylic acids is 1. The maximum absolute atomic E-state index is 12.0. The number of hydrogen-bond acceptors (Lipinski definition) is 4. The lowest BCUT2D eigenvalue weighted by Gasteiger charge is -2.24. The fourth-order valence-corrected chi connectivity index (χ4v) is 2.54. The van der Waals surface area contributed by atoms with Gasteiger partial charge >= 0.3 is 0 Å². The summed E-state index contributed by atoms with van der Waals surface area (Å²) in [6.07, 6.45) is 1.95. The Bertz CT molecular complexity index is 488. The Balaban J connectivity index is 1.69. The highest BCUT2D eigenvalue weighted by Crippen LogP contribution is 2.16. The smallest absolute Gasteiger partial charge is 0.248 e. The number of aliphatic hydroxyl groups excluding tert-OH is 1. The van der Waals surface area contributed by atoms with Gasteiger partial charge in [0.05, 0.1) is 18.8 Å². The molecular formula is C17H24ClNO4. The first-order valence-electron chi connectivity index (χ1n) is 8.00. The second kappa shape index (κ2) is 9.23. The third kappa shape index (κ3) is 6.11. The van der Waals surface area contributed by atoms with E-state index in [0.717, 1.165) is 25.9 Å². The van der Waals surface area contributed by atoms with Gasteiger partial charge in [-0.25, -0.2) is 0 Å². The molecule has 1 aliphatic heterocycles. The first-order chi connectivity index (χ1) is 11.1. The van der Waals surface area contributed by atoms with Crippen LogP contribution >= 0.6 is 11.6 Å². The number of rotatable bonds is 7. The molecule has 0 saturated carbocycles. The molecule has 3 atom stereocenters. The molecule has 0 bridgehead atoms. The summed E-state index contributed by atoms with van der Waals surface area (Å²) in [5.74, 6) is -0.242. The molecule has 1 saturated heterocycles. The number of hydrogen-bond donors (Lipinski definition) is 2. The van der Waals surface area contributed by atoms with Crippen LogP contribution < -0.4 is 5.32 Å². The largest absolute Gasteiger partial charge is 0.387 e. The van der Waals surface area contributed by atoms with E-state index in [0.29, 0.717) is 17.2 Å². The summed E-state index contributed by atoms with van der Waals surface area (Å²) in [5.41, 5.74) is 0.707. The maximum Gasteiger partial charge on any atom is 0.248 e. The van der Waals surface area contributed by atoms with E-state index in [2.05, 4.69) is 5.32 Å². The predicted octanol–water partition coefficient (Wildman–Crippen LogP) is 2.46. The molecule has 2 rings (SSSR count). The van der Waals surface area contributed by atoms with Gasteiger partial charge in [-0.3, -0.25) is 4.79 Å². The Kier molecular flexibility index (Phi) is 7.30. The zero-order valence-electron chi connectivity index (χ0n) is 13.3. The number of halogens is 1. The molecule has 0 radical (unpaired) electrons. The fraction of sp³-hybridized carbons (Fsp3) is 0.588. The molecule has 2 N–H and O–H groups in total. The third-order valence-corrected chi connectivity index (χ3v) is 4.15. The monoisotopic (exact) mass is 341 g/mol. The lowest BCUT2D eigenvalue weighted by molar-refractivity contribution is -0.136. The molecule has 0 aromatic heterocycles. The summed E-state index contributed by atoms with van der Waals surface area (Å²) in [6.45, 7) is 3.02. The Morgan fingerprint density at radius 2 is 2.17 bits per heavy atom. The first kappa shape index (κ1) is 18.2. The number of ether oxygens (including phenoxy) is 2. The molecule has 128 valence electrons. The van der Waals surface area contributed by atoms with Crippen molar-refractivity contribution < 1.29 is 19.4 Å². The van der Waals surface area contributed by atoms with Gasteiger partial charge in [0.15, 0.2) is 0 Å². The molecule has 1 heterocycles. The Hall–Kier alpha value is -1.14. The van der Waals surface area contributed by atoms with Crippen LogP contribution in [0.2, 0.25) is 5.02 Å². The fourth-order valence-electron chi connectivity index (χ4n) is 2.41. The van der Waals surface area contributed by atoms with E-state index in [-0.39, 0.29) is 18.6 Å². The van der Waals surface area contributed by atoms with Crippen LogP contribution in [0.3, 0.4) is 0 Å². The van der Waals surface area contributed by atoms with Crippen molar-refractivity contribution in [3.05, 3.63) is 34.9 Å². The lowest BCUT2D eigenvalue weighted by Crippen LogP contribution is -2.38. The highest BCUT2D eigenvalue weighted by molar-refractivity contribution is 6.30. The van der Waals surface area contributed by atoms with Gasteiger partial charge in [-0.1, -0.05) is 23.7 Å². The van der Waals surface area contributed by atoms with Gasteiger partial charge in [-0.15, -0.1) is 0 Å². The van der Waals surface area contributed by atoms with Crippen molar-refractivity contribution in [3.8, 4) is 0 Å². The van der Waals surface area contributed by atoms with Crippen LogP contribution in [-0.4, -0.2) is 43.0 Å². The minimum atomic E-state index is -0.773. The number of aliphatic hydroxyl groups is 1. The number of amides is 1. The molecule has 5 nitrogen and oxygen atoms in total. The summed E-state index contributed by atoms with van der Waals surface area (Å²) >= 11 is 5.81. The zero-order chi connectivity index (χ0) is 16.7. The van der Waals surface area contributed by atoms with Crippen molar-refractivity contribution in [2.45, 2.75) is 44.5 Å². The molecule has 1 aliphatic rings. The molecule has 6 heteroatoms. The third-order valence-electron chi connectivity index (χ3n) is 3.90. The SMILES string of the molecule is C[C@H](OC[C@H]1CCCCO1)C(=O)NC[C@@H](O)c1ccc(Cl)cc1. The van der Waals surface area contributed by atoms with E-state index in [1.165, 1.54) is 0 Å². The molecule has 0 unspecified atom stereocenters. The van der Waals surface area contributed by atoms with Crippen molar-refractivity contribution in [2.75, 3.05) is 19.8 Å². The van der Waals surface area contributed by atoms with Gasteiger partial charge in [0.1, 0.15) is 6.10 Å². The minimum Gasteiger partial charge on any atom is -0.387 e. The van der Waals surface area contributed by atoms with Gasteiger partial charge in [0.25, 0.3) is 0 Å². The topological polar surface area (TPSA) is 67.8 Å². The zero-order valence-corrected chi connectivity index (χ0v) is 14.1. The van der Waals surface area contributed by atoms with E-state index in [1.807, 2.05) is 0 Å². The summed E-state index contributed by atoms with van der Waals surface area (Å²) in [7, 11) is 0. The lowest BCUT2D eigenvalue weighted by atomic mass is 10.1. The molecular weight excluding hydrogens is 318 g/mol. The van der Waals surface area contributed by atoms with E-state index < -0.39 is 12.2 Å². The summed E-state index contributed by atoms with van der Waals surface area (Å²) in [5, 5.41) is 13.4.